The number of benzene rings is 1. The van der Waals surface area contributed by atoms with Gasteiger partial charge in [-0.2, -0.15) is 0 Å². The summed E-state index contributed by atoms with van der Waals surface area (Å²) in [6.45, 7) is 6.79. The second kappa shape index (κ2) is 6.57. The molecule has 0 saturated carbocycles. The Morgan fingerprint density at radius 3 is 2.53 bits per heavy atom. The summed E-state index contributed by atoms with van der Waals surface area (Å²) in [5.74, 6) is 1.66. The second-order valence-electron chi connectivity index (χ2n) is 4.91. The first kappa shape index (κ1) is 13.9. The Morgan fingerprint density at radius 1 is 1.26 bits per heavy atom. The van der Waals surface area contributed by atoms with Crippen LogP contribution in [0.2, 0.25) is 0 Å². The van der Waals surface area contributed by atoms with E-state index in [9.17, 15) is 0 Å². The summed E-state index contributed by atoms with van der Waals surface area (Å²) in [5, 5.41) is 2.18. The van der Waals surface area contributed by atoms with Crippen LogP contribution in [0.4, 0.5) is 5.69 Å². The van der Waals surface area contributed by atoms with E-state index < -0.39 is 0 Å². The molecule has 0 radical (unpaired) electrons. The van der Waals surface area contributed by atoms with Crippen molar-refractivity contribution in [2.24, 2.45) is 16.6 Å². The first-order valence-electron chi connectivity index (χ1n) is 7.16. The maximum Gasteiger partial charge on any atom is 0.118 e. The fourth-order valence-corrected chi connectivity index (χ4v) is 2.40. The van der Waals surface area contributed by atoms with Crippen LogP contribution in [-0.2, 0) is 6.54 Å². The molecular formula is C15H24N4. The Balaban J connectivity index is 2.08. The lowest BCUT2D eigenvalue weighted by Crippen LogP contribution is -2.49. The van der Waals surface area contributed by atoms with Crippen LogP contribution in [0.3, 0.4) is 0 Å². The minimum Gasteiger partial charge on any atom is -0.326 e. The third-order valence-electron chi connectivity index (χ3n) is 3.71. The third kappa shape index (κ3) is 3.26. The highest BCUT2D eigenvalue weighted by Gasteiger charge is 2.18. The number of hydrogen-bond donors (Lipinski definition) is 2. The van der Waals surface area contributed by atoms with Gasteiger partial charge in [-0.15, -0.1) is 0 Å². The highest BCUT2D eigenvalue weighted by atomic mass is 15.5. The lowest BCUT2D eigenvalue weighted by molar-refractivity contribution is 0.586. The van der Waals surface area contributed by atoms with E-state index in [-0.39, 0.29) is 0 Å². The molecule has 0 spiro atoms. The number of nitrogens with zero attached hydrogens (tertiary/aromatic N) is 2. The van der Waals surface area contributed by atoms with Gasteiger partial charge in [-0.1, -0.05) is 26.0 Å². The number of anilines is 1. The number of aliphatic imine (C=N–C) groups is 1. The predicted octanol–water partition coefficient (Wildman–Crippen LogP) is 2.30. The van der Waals surface area contributed by atoms with Crippen molar-refractivity contribution in [2.45, 2.75) is 33.2 Å². The fraction of sp³-hybridized carbons (Fsp3) is 0.533. The number of rotatable bonds is 5. The summed E-state index contributed by atoms with van der Waals surface area (Å²) in [6, 6.07) is 8.40. The van der Waals surface area contributed by atoms with Crippen molar-refractivity contribution >= 4 is 11.5 Å². The fourth-order valence-electron chi connectivity index (χ4n) is 2.40. The topological polar surface area (TPSA) is 53.6 Å². The van der Waals surface area contributed by atoms with Gasteiger partial charge in [-0.3, -0.25) is 15.4 Å². The molecule has 1 heterocycles. The molecule has 0 atom stereocenters. The Morgan fingerprint density at radius 2 is 1.95 bits per heavy atom. The van der Waals surface area contributed by atoms with Gasteiger partial charge in [-0.05, 0) is 30.5 Å². The Kier molecular flexibility index (Phi) is 4.80. The van der Waals surface area contributed by atoms with Crippen LogP contribution in [0, 0.1) is 5.92 Å². The molecule has 1 aromatic carbocycles. The average molecular weight is 260 g/mol. The normalized spacial score (nSPS) is 15.4. The molecule has 4 nitrogen and oxygen atoms in total. The largest absolute Gasteiger partial charge is 0.326 e. The second-order valence-corrected chi connectivity index (χ2v) is 4.91. The molecule has 0 bridgehead atoms. The van der Waals surface area contributed by atoms with E-state index in [0.29, 0.717) is 12.5 Å². The van der Waals surface area contributed by atoms with E-state index in [1.54, 1.807) is 0 Å². The van der Waals surface area contributed by atoms with Crippen LogP contribution in [-0.4, -0.2) is 18.9 Å². The van der Waals surface area contributed by atoms with E-state index in [1.807, 2.05) is 0 Å². The summed E-state index contributed by atoms with van der Waals surface area (Å²) >= 11 is 0. The molecule has 19 heavy (non-hydrogen) atoms. The van der Waals surface area contributed by atoms with Crippen molar-refractivity contribution < 1.29 is 0 Å². The van der Waals surface area contributed by atoms with E-state index in [2.05, 4.69) is 53.5 Å². The molecule has 1 aliphatic heterocycles. The van der Waals surface area contributed by atoms with E-state index in [4.69, 9.17) is 5.73 Å². The van der Waals surface area contributed by atoms with Crippen molar-refractivity contribution in [3.63, 3.8) is 0 Å². The van der Waals surface area contributed by atoms with Crippen molar-refractivity contribution in [3.8, 4) is 0 Å². The molecule has 0 fully saturated rings. The monoisotopic (exact) mass is 260 g/mol. The summed E-state index contributed by atoms with van der Waals surface area (Å²) in [7, 11) is 0. The molecular weight excluding hydrogens is 236 g/mol. The van der Waals surface area contributed by atoms with Gasteiger partial charge in [0.05, 0.1) is 18.8 Å². The molecule has 104 valence electrons. The first-order valence-corrected chi connectivity index (χ1v) is 7.16. The van der Waals surface area contributed by atoms with Gasteiger partial charge in [0.1, 0.15) is 5.84 Å². The van der Waals surface area contributed by atoms with Crippen LogP contribution < -0.4 is 16.2 Å². The quantitative estimate of drug-likeness (QED) is 0.854. The summed E-state index contributed by atoms with van der Waals surface area (Å²) in [5.41, 5.74) is 11.4. The number of amidine groups is 1. The first-order chi connectivity index (χ1) is 9.28. The molecule has 0 amide bonds. The number of hydrazine groups is 1. The lowest BCUT2D eigenvalue weighted by Gasteiger charge is -2.33. The maximum absolute atomic E-state index is 5.63. The van der Waals surface area contributed by atoms with Gasteiger partial charge in [0, 0.05) is 12.5 Å². The Bertz CT molecular complexity index is 420. The number of hydrogen-bond acceptors (Lipinski definition) is 4. The van der Waals surface area contributed by atoms with Gasteiger partial charge >= 0.3 is 0 Å². The van der Waals surface area contributed by atoms with Gasteiger partial charge in [-0.25, -0.2) is 0 Å². The van der Waals surface area contributed by atoms with Crippen molar-refractivity contribution in [1.29, 1.82) is 0 Å². The molecule has 0 unspecified atom stereocenters. The molecule has 0 aliphatic carbocycles. The average Bonchev–Trinajstić information content (AvgIpc) is 2.49. The zero-order chi connectivity index (χ0) is 13.7. The Hall–Kier alpha value is -1.55. The van der Waals surface area contributed by atoms with E-state index in [1.165, 1.54) is 5.69 Å². The van der Waals surface area contributed by atoms with Crippen LogP contribution in [0.15, 0.2) is 29.3 Å². The SMILES string of the molecule is CCC(CC)C1=NCCN(c2ccc(CN)cc2)N1. The molecule has 0 aromatic heterocycles. The smallest absolute Gasteiger partial charge is 0.118 e. The summed E-state index contributed by atoms with van der Waals surface area (Å²) < 4.78 is 0. The zero-order valence-corrected chi connectivity index (χ0v) is 11.9. The van der Waals surface area contributed by atoms with Gasteiger partial charge in [0.15, 0.2) is 0 Å². The maximum atomic E-state index is 5.63. The van der Waals surface area contributed by atoms with Crippen molar-refractivity contribution in [2.75, 3.05) is 18.1 Å². The molecule has 3 N–H and O–H groups in total. The molecule has 0 saturated heterocycles. The van der Waals surface area contributed by atoms with Gasteiger partial charge in [0.2, 0.25) is 0 Å². The highest BCUT2D eigenvalue weighted by molar-refractivity contribution is 5.86. The van der Waals surface area contributed by atoms with Crippen molar-refractivity contribution in [3.05, 3.63) is 29.8 Å². The Labute approximate surface area is 115 Å². The number of nitrogens with one attached hydrogen (secondary N) is 1. The molecule has 1 aliphatic rings. The van der Waals surface area contributed by atoms with Crippen LogP contribution in [0.5, 0.6) is 0 Å². The van der Waals surface area contributed by atoms with Gasteiger partial charge in [0.25, 0.3) is 0 Å². The predicted molar refractivity (Wildman–Crippen MR) is 81.2 cm³/mol. The molecule has 1 aromatic rings. The zero-order valence-electron chi connectivity index (χ0n) is 11.9. The summed E-state index contributed by atoms with van der Waals surface area (Å²) in [4.78, 5) is 4.62. The third-order valence-corrected chi connectivity index (χ3v) is 3.71. The summed E-state index contributed by atoms with van der Waals surface area (Å²) in [6.07, 6.45) is 2.25. The molecule has 4 heteroatoms. The molecule has 2 rings (SSSR count). The minimum atomic E-state index is 0.533. The highest BCUT2D eigenvalue weighted by Crippen LogP contribution is 2.17. The van der Waals surface area contributed by atoms with Crippen molar-refractivity contribution in [1.82, 2.24) is 5.43 Å². The minimum absolute atomic E-state index is 0.533. The van der Waals surface area contributed by atoms with Crippen LogP contribution >= 0.6 is 0 Å². The van der Waals surface area contributed by atoms with Gasteiger partial charge < -0.3 is 5.73 Å². The van der Waals surface area contributed by atoms with E-state index >= 15 is 0 Å². The van der Waals surface area contributed by atoms with Crippen LogP contribution in [0.25, 0.3) is 0 Å². The number of nitrogens with two attached hydrogens (primary N) is 1. The standard InChI is InChI=1S/C15H24N4/c1-3-13(4-2)15-17-9-10-19(18-15)14-7-5-12(11-16)6-8-14/h5-8,13H,3-4,9-11,16H2,1-2H3,(H,17,18). The van der Waals surface area contributed by atoms with Crippen LogP contribution in [0.1, 0.15) is 32.3 Å². The van der Waals surface area contributed by atoms with E-state index in [0.717, 1.165) is 37.3 Å². The lowest BCUT2D eigenvalue weighted by atomic mass is 10.0.